The maximum Gasteiger partial charge on any atom is 0.252 e. The summed E-state index contributed by atoms with van der Waals surface area (Å²) in [5, 5.41) is 15.0. The summed E-state index contributed by atoms with van der Waals surface area (Å²) in [6.45, 7) is -0.191. The first-order valence-corrected chi connectivity index (χ1v) is 13.2. The minimum Gasteiger partial charge on any atom is -0.497 e. The number of nitrogens with zero attached hydrogens (tertiary/aromatic N) is 1. The van der Waals surface area contributed by atoms with Crippen LogP contribution in [-0.2, 0) is 19.3 Å². The molecule has 206 valence electrons. The number of hydrogen-bond acceptors (Lipinski definition) is 6. The van der Waals surface area contributed by atoms with Gasteiger partial charge in [-0.15, -0.1) is 0 Å². The van der Waals surface area contributed by atoms with Crippen LogP contribution in [0.3, 0.4) is 0 Å². The molecule has 0 bridgehead atoms. The van der Waals surface area contributed by atoms with Gasteiger partial charge in [-0.3, -0.25) is 9.78 Å². The Hall–Kier alpha value is -4.56. The van der Waals surface area contributed by atoms with Crippen molar-refractivity contribution in [2.75, 3.05) is 27.9 Å². The van der Waals surface area contributed by atoms with E-state index in [1.165, 1.54) is 0 Å². The van der Waals surface area contributed by atoms with Gasteiger partial charge in [0.2, 0.25) is 0 Å². The van der Waals surface area contributed by atoms with Gasteiger partial charge in [-0.25, -0.2) is 0 Å². The average molecular weight is 540 g/mol. The van der Waals surface area contributed by atoms with Crippen molar-refractivity contribution in [1.29, 1.82) is 0 Å². The molecule has 3 N–H and O–H groups in total. The molecule has 2 heterocycles. The molecule has 40 heavy (non-hydrogen) atoms. The summed E-state index contributed by atoms with van der Waals surface area (Å²) in [6, 6.07) is 20.7. The van der Waals surface area contributed by atoms with Gasteiger partial charge in [0.25, 0.3) is 5.91 Å². The molecule has 0 aliphatic heterocycles. The van der Waals surface area contributed by atoms with E-state index in [0.717, 1.165) is 27.7 Å². The molecule has 1 atom stereocenters. The lowest BCUT2D eigenvalue weighted by Gasteiger charge is -2.18. The predicted molar refractivity (Wildman–Crippen MR) is 156 cm³/mol. The van der Waals surface area contributed by atoms with E-state index in [-0.39, 0.29) is 12.5 Å². The molecule has 8 nitrogen and oxygen atoms in total. The number of H-pyrrole nitrogens is 1. The Morgan fingerprint density at radius 3 is 2.52 bits per heavy atom. The number of nitrogens with one attached hydrogen (secondary N) is 2. The van der Waals surface area contributed by atoms with Crippen molar-refractivity contribution in [2.45, 2.75) is 25.3 Å². The molecule has 0 aliphatic rings. The molecule has 0 aliphatic carbocycles. The first-order valence-electron chi connectivity index (χ1n) is 13.2. The van der Waals surface area contributed by atoms with Gasteiger partial charge in [0.1, 0.15) is 5.75 Å². The molecule has 3 aromatic carbocycles. The van der Waals surface area contributed by atoms with Crippen LogP contribution in [0.5, 0.6) is 17.2 Å². The number of fused-ring (bicyclic) bond motifs is 2. The molecule has 0 saturated carbocycles. The SMILES string of the molecule is COc1ccc2nc(CCc3ccc(OC)c(OC)c3)cc(C(=O)NC(CO)Cc3c[nH]c4ccccc34)c2c1. The number of aromatic amines is 1. The summed E-state index contributed by atoms with van der Waals surface area (Å²) in [5.74, 6) is 1.71. The summed E-state index contributed by atoms with van der Waals surface area (Å²) in [7, 11) is 4.82. The molecule has 5 aromatic rings. The molecular weight excluding hydrogens is 506 g/mol. The largest absolute Gasteiger partial charge is 0.497 e. The zero-order valence-electron chi connectivity index (χ0n) is 22.9. The van der Waals surface area contributed by atoms with Crippen molar-refractivity contribution in [2.24, 2.45) is 0 Å². The Kier molecular flexibility index (Phi) is 8.17. The Labute approximate surface area is 232 Å². The van der Waals surface area contributed by atoms with E-state index in [0.29, 0.717) is 53.0 Å². The number of aliphatic hydroxyl groups excluding tert-OH is 1. The van der Waals surface area contributed by atoms with Crippen LogP contribution in [0.15, 0.2) is 72.9 Å². The number of aryl methyl sites for hydroxylation is 2. The third-order valence-electron chi connectivity index (χ3n) is 7.13. The van der Waals surface area contributed by atoms with E-state index in [1.54, 1.807) is 21.3 Å². The lowest BCUT2D eigenvalue weighted by molar-refractivity contribution is 0.0918. The van der Waals surface area contributed by atoms with E-state index < -0.39 is 6.04 Å². The highest BCUT2D eigenvalue weighted by Gasteiger charge is 2.19. The first kappa shape index (κ1) is 27.0. The van der Waals surface area contributed by atoms with Crippen LogP contribution in [0, 0.1) is 0 Å². The average Bonchev–Trinajstić information content (AvgIpc) is 3.41. The van der Waals surface area contributed by atoms with Gasteiger partial charge >= 0.3 is 0 Å². The fraction of sp³-hybridized carbons (Fsp3) is 0.250. The molecule has 2 aromatic heterocycles. The van der Waals surface area contributed by atoms with Crippen molar-refractivity contribution in [3.05, 3.63) is 95.3 Å². The number of aliphatic hydroxyl groups is 1. The maximum atomic E-state index is 13.7. The van der Waals surface area contributed by atoms with Crippen LogP contribution < -0.4 is 19.5 Å². The summed E-state index contributed by atoms with van der Waals surface area (Å²) >= 11 is 0. The lowest BCUT2D eigenvalue weighted by atomic mass is 10.0. The standard InChI is InChI=1S/C32H33N3O5/c1-38-24-11-12-29-26(17-24)27(16-22(34-29)10-8-20-9-13-30(39-2)31(14-20)40-3)32(37)35-23(19-36)15-21-18-33-28-7-5-4-6-25(21)28/h4-7,9,11-14,16-18,23,33,36H,8,10,15,19H2,1-3H3,(H,35,37). The van der Waals surface area contributed by atoms with E-state index in [2.05, 4.69) is 10.3 Å². The lowest BCUT2D eigenvalue weighted by Crippen LogP contribution is -2.39. The van der Waals surface area contributed by atoms with Crippen molar-refractivity contribution >= 4 is 27.7 Å². The molecule has 0 fully saturated rings. The van der Waals surface area contributed by atoms with Gasteiger partial charge in [-0.2, -0.15) is 0 Å². The highest BCUT2D eigenvalue weighted by Crippen LogP contribution is 2.29. The Morgan fingerprint density at radius 1 is 0.925 bits per heavy atom. The highest BCUT2D eigenvalue weighted by atomic mass is 16.5. The highest BCUT2D eigenvalue weighted by molar-refractivity contribution is 6.06. The fourth-order valence-corrected chi connectivity index (χ4v) is 5.00. The number of carbonyl (C=O) groups is 1. The number of carbonyl (C=O) groups excluding carboxylic acids is 1. The normalized spacial score (nSPS) is 11.9. The molecule has 1 unspecified atom stereocenters. The number of benzene rings is 3. The number of para-hydroxylation sites is 1. The van der Waals surface area contributed by atoms with Crippen LogP contribution in [0.1, 0.15) is 27.2 Å². The van der Waals surface area contributed by atoms with Gasteiger partial charge in [-0.05, 0) is 72.9 Å². The van der Waals surface area contributed by atoms with E-state index >= 15 is 0 Å². The number of pyridine rings is 1. The second kappa shape index (κ2) is 12.1. The van der Waals surface area contributed by atoms with Gasteiger partial charge in [0, 0.05) is 28.2 Å². The summed E-state index contributed by atoms with van der Waals surface area (Å²) < 4.78 is 16.2. The van der Waals surface area contributed by atoms with Crippen molar-refractivity contribution in [3.8, 4) is 17.2 Å². The smallest absolute Gasteiger partial charge is 0.252 e. The number of aromatic nitrogens is 2. The molecule has 1 amide bonds. The Morgan fingerprint density at radius 2 is 1.75 bits per heavy atom. The monoisotopic (exact) mass is 539 g/mol. The number of ether oxygens (including phenoxy) is 3. The zero-order valence-corrected chi connectivity index (χ0v) is 22.9. The molecule has 0 radical (unpaired) electrons. The van der Waals surface area contributed by atoms with Crippen molar-refractivity contribution in [1.82, 2.24) is 15.3 Å². The topological polar surface area (TPSA) is 106 Å². The molecular formula is C32H33N3O5. The minimum atomic E-state index is -0.462. The van der Waals surface area contributed by atoms with Crippen LogP contribution in [0.25, 0.3) is 21.8 Å². The maximum absolute atomic E-state index is 13.7. The van der Waals surface area contributed by atoms with Crippen LogP contribution >= 0.6 is 0 Å². The number of methoxy groups -OCH3 is 3. The minimum absolute atomic E-state index is 0.191. The van der Waals surface area contributed by atoms with Gasteiger partial charge < -0.3 is 29.6 Å². The van der Waals surface area contributed by atoms with Crippen LogP contribution in [0.4, 0.5) is 0 Å². The van der Waals surface area contributed by atoms with Crippen molar-refractivity contribution in [3.63, 3.8) is 0 Å². The van der Waals surface area contributed by atoms with Gasteiger partial charge in [0.15, 0.2) is 11.5 Å². The number of rotatable bonds is 11. The zero-order chi connectivity index (χ0) is 28.1. The second-order valence-electron chi connectivity index (χ2n) is 9.65. The van der Waals surface area contributed by atoms with Crippen LogP contribution in [0.2, 0.25) is 0 Å². The van der Waals surface area contributed by atoms with Crippen LogP contribution in [-0.4, -0.2) is 55.0 Å². The third kappa shape index (κ3) is 5.72. The summed E-state index contributed by atoms with van der Waals surface area (Å²) in [5.41, 5.74) is 5.10. The predicted octanol–water partition coefficient (Wildman–Crippen LogP) is 4.86. The van der Waals surface area contributed by atoms with Crippen molar-refractivity contribution < 1.29 is 24.1 Å². The number of amides is 1. The van der Waals surface area contributed by atoms with E-state index in [4.69, 9.17) is 19.2 Å². The van der Waals surface area contributed by atoms with E-state index in [9.17, 15) is 9.90 Å². The third-order valence-corrected chi connectivity index (χ3v) is 7.13. The van der Waals surface area contributed by atoms with E-state index in [1.807, 2.05) is 72.9 Å². The van der Waals surface area contributed by atoms with Gasteiger partial charge in [0.05, 0.1) is 45.1 Å². The Balaban J connectivity index is 1.41. The number of hydrogen-bond donors (Lipinski definition) is 3. The second-order valence-corrected chi connectivity index (χ2v) is 9.65. The molecule has 0 saturated heterocycles. The molecule has 5 rings (SSSR count). The first-order chi connectivity index (χ1) is 19.5. The van der Waals surface area contributed by atoms with Gasteiger partial charge in [-0.1, -0.05) is 24.3 Å². The quantitative estimate of drug-likeness (QED) is 0.221. The summed E-state index contributed by atoms with van der Waals surface area (Å²) in [4.78, 5) is 21.8. The summed E-state index contributed by atoms with van der Waals surface area (Å²) in [6.07, 6.45) is 3.75. The molecule has 8 heteroatoms. The molecule has 0 spiro atoms. The fourth-order valence-electron chi connectivity index (χ4n) is 5.00. The Bertz CT molecular complexity index is 1650.